The van der Waals surface area contributed by atoms with Gasteiger partial charge in [-0.3, -0.25) is 9.59 Å². The summed E-state index contributed by atoms with van der Waals surface area (Å²) in [5.74, 6) is 0.841. The highest BCUT2D eigenvalue weighted by atomic mass is 32.2. The van der Waals surface area contributed by atoms with Crippen molar-refractivity contribution < 1.29 is 32.2 Å². The van der Waals surface area contributed by atoms with E-state index in [1.807, 2.05) is 0 Å². The van der Waals surface area contributed by atoms with Gasteiger partial charge in [-0.05, 0) is 37.1 Å². The highest BCUT2D eigenvalue weighted by molar-refractivity contribution is 7.99. The number of benzene rings is 1. The summed E-state index contributed by atoms with van der Waals surface area (Å²) in [4.78, 5) is 30.4. The lowest BCUT2D eigenvalue weighted by molar-refractivity contribution is -0.138. The first-order valence-electron chi connectivity index (χ1n) is 9.94. The number of rotatable bonds is 5. The fourth-order valence-electron chi connectivity index (χ4n) is 3.47. The Hall–Kier alpha value is -2.95. The van der Waals surface area contributed by atoms with Crippen molar-refractivity contribution in [2.24, 2.45) is 5.92 Å². The highest BCUT2D eigenvalue weighted by Crippen LogP contribution is 2.34. The summed E-state index contributed by atoms with van der Waals surface area (Å²) in [5.41, 5.74) is -0.201. The maximum atomic E-state index is 12.6. The molecule has 0 spiro atoms. The maximum absolute atomic E-state index is 12.6. The molecule has 0 unspecified atom stereocenters. The molecule has 2 aliphatic rings. The number of nitrogens with one attached hydrogen (secondary N) is 1. The monoisotopic (exact) mass is 467 g/mol. The molecule has 3 heterocycles. The van der Waals surface area contributed by atoms with E-state index in [0.29, 0.717) is 48.1 Å². The largest absolute Gasteiger partial charge is 0.454 e. The number of alkyl halides is 3. The Kier molecular flexibility index (Phi) is 6.45. The SMILES string of the molecule is O=C(Nc1ccc2c(c1)OCO2)C1CCN(C(=O)CSc2ccc(C(F)(F)F)cn2)CC1. The number of likely N-dealkylation sites (tertiary alicyclic amines) is 1. The van der Waals surface area contributed by atoms with Crippen LogP contribution in [-0.4, -0.2) is 47.3 Å². The van der Waals surface area contributed by atoms with Crippen LogP contribution in [0.15, 0.2) is 41.6 Å². The standard InChI is InChI=1S/C21H20F3N3O4S/c22-21(23,24)14-1-4-18(25-10-14)32-11-19(28)27-7-5-13(6-8-27)20(29)26-15-2-3-16-17(9-15)31-12-30-16/h1-4,9-10,13H,5-8,11-12H2,(H,26,29). The van der Waals surface area contributed by atoms with E-state index in [4.69, 9.17) is 9.47 Å². The molecule has 11 heteroatoms. The summed E-state index contributed by atoms with van der Waals surface area (Å²) in [6, 6.07) is 7.40. The Morgan fingerprint density at radius 2 is 1.88 bits per heavy atom. The number of carbonyl (C=O) groups is 2. The number of carbonyl (C=O) groups excluding carboxylic acids is 2. The van der Waals surface area contributed by atoms with Gasteiger partial charge in [-0.15, -0.1) is 0 Å². The van der Waals surface area contributed by atoms with Crippen LogP contribution < -0.4 is 14.8 Å². The predicted molar refractivity (Wildman–Crippen MR) is 110 cm³/mol. The molecule has 0 radical (unpaired) electrons. The molecule has 32 heavy (non-hydrogen) atoms. The lowest BCUT2D eigenvalue weighted by Gasteiger charge is -2.31. The number of fused-ring (bicyclic) bond motifs is 1. The van der Waals surface area contributed by atoms with Crippen LogP contribution in [0, 0.1) is 5.92 Å². The van der Waals surface area contributed by atoms with Gasteiger partial charge in [0.25, 0.3) is 0 Å². The summed E-state index contributed by atoms with van der Waals surface area (Å²) in [6.07, 6.45) is -2.61. The van der Waals surface area contributed by atoms with Crippen molar-refractivity contribution in [3.63, 3.8) is 0 Å². The first-order valence-corrected chi connectivity index (χ1v) is 10.9. The lowest BCUT2D eigenvalue weighted by atomic mass is 9.96. The molecular formula is C21H20F3N3O4S. The molecule has 2 aromatic rings. The Morgan fingerprint density at radius 3 is 2.56 bits per heavy atom. The summed E-state index contributed by atoms with van der Waals surface area (Å²) in [5, 5.41) is 3.23. The van der Waals surface area contributed by atoms with Crippen molar-refractivity contribution in [2.45, 2.75) is 24.0 Å². The number of nitrogens with zero attached hydrogens (tertiary/aromatic N) is 2. The molecule has 2 amide bonds. The number of pyridine rings is 1. The van der Waals surface area contributed by atoms with Crippen molar-refractivity contribution in [3.05, 3.63) is 42.1 Å². The summed E-state index contributed by atoms with van der Waals surface area (Å²) < 4.78 is 48.3. The Bertz CT molecular complexity index is 993. The molecule has 0 aliphatic carbocycles. The number of hydrogen-bond acceptors (Lipinski definition) is 6. The second kappa shape index (κ2) is 9.27. The van der Waals surface area contributed by atoms with E-state index in [-0.39, 0.29) is 30.3 Å². The highest BCUT2D eigenvalue weighted by Gasteiger charge is 2.31. The molecule has 1 aromatic carbocycles. The van der Waals surface area contributed by atoms with E-state index in [1.54, 1.807) is 23.1 Å². The first kappa shape index (κ1) is 22.3. The Morgan fingerprint density at radius 1 is 1.12 bits per heavy atom. The molecule has 1 fully saturated rings. The van der Waals surface area contributed by atoms with Crippen LogP contribution >= 0.6 is 11.8 Å². The van der Waals surface area contributed by atoms with Gasteiger partial charge in [-0.25, -0.2) is 4.98 Å². The molecule has 0 atom stereocenters. The second-order valence-electron chi connectivity index (χ2n) is 7.38. The van der Waals surface area contributed by atoms with Crippen LogP contribution in [0.25, 0.3) is 0 Å². The van der Waals surface area contributed by atoms with Crippen LogP contribution in [0.5, 0.6) is 11.5 Å². The van der Waals surface area contributed by atoms with Gasteiger partial charge in [-0.1, -0.05) is 11.8 Å². The zero-order chi connectivity index (χ0) is 22.7. The number of aromatic nitrogens is 1. The summed E-state index contributed by atoms with van der Waals surface area (Å²) >= 11 is 1.09. The molecular weight excluding hydrogens is 447 g/mol. The number of piperidine rings is 1. The van der Waals surface area contributed by atoms with Gasteiger partial charge in [0.2, 0.25) is 18.6 Å². The van der Waals surface area contributed by atoms with Gasteiger partial charge in [0, 0.05) is 37.0 Å². The minimum Gasteiger partial charge on any atom is -0.454 e. The molecule has 1 N–H and O–H groups in total. The lowest BCUT2D eigenvalue weighted by Crippen LogP contribution is -2.42. The van der Waals surface area contributed by atoms with E-state index in [2.05, 4.69) is 10.3 Å². The molecule has 0 saturated carbocycles. The molecule has 2 aliphatic heterocycles. The summed E-state index contributed by atoms with van der Waals surface area (Å²) in [6.45, 7) is 1.05. The number of thioether (sulfide) groups is 1. The zero-order valence-corrected chi connectivity index (χ0v) is 17.7. The third-order valence-electron chi connectivity index (χ3n) is 5.27. The predicted octanol–water partition coefficient (Wildman–Crippen LogP) is 3.80. The van der Waals surface area contributed by atoms with Gasteiger partial charge in [-0.2, -0.15) is 13.2 Å². The molecule has 7 nitrogen and oxygen atoms in total. The Balaban J connectivity index is 1.22. The summed E-state index contributed by atoms with van der Waals surface area (Å²) in [7, 11) is 0. The zero-order valence-electron chi connectivity index (χ0n) is 16.9. The Labute approximate surface area is 186 Å². The van der Waals surface area contributed by atoms with Crippen LogP contribution in [0.4, 0.5) is 18.9 Å². The van der Waals surface area contributed by atoms with Crippen LogP contribution in [0.2, 0.25) is 0 Å². The first-order chi connectivity index (χ1) is 15.3. The third-order valence-corrected chi connectivity index (χ3v) is 6.19. The molecule has 0 bridgehead atoms. The van der Waals surface area contributed by atoms with Crippen LogP contribution in [-0.2, 0) is 15.8 Å². The van der Waals surface area contributed by atoms with E-state index in [1.165, 1.54) is 6.07 Å². The fraction of sp³-hybridized carbons (Fsp3) is 0.381. The van der Waals surface area contributed by atoms with Crippen molar-refractivity contribution in [1.29, 1.82) is 0 Å². The van der Waals surface area contributed by atoms with Crippen molar-refractivity contribution >= 4 is 29.3 Å². The fourth-order valence-corrected chi connectivity index (χ4v) is 4.22. The third kappa shape index (κ3) is 5.26. The van der Waals surface area contributed by atoms with E-state index in [9.17, 15) is 22.8 Å². The van der Waals surface area contributed by atoms with Crippen molar-refractivity contribution in [3.8, 4) is 11.5 Å². The number of anilines is 1. The molecule has 170 valence electrons. The smallest absolute Gasteiger partial charge is 0.417 e. The maximum Gasteiger partial charge on any atom is 0.417 e. The topological polar surface area (TPSA) is 80.8 Å². The molecule has 1 saturated heterocycles. The minimum atomic E-state index is -4.44. The second-order valence-corrected chi connectivity index (χ2v) is 8.38. The van der Waals surface area contributed by atoms with E-state index < -0.39 is 11.7 Å². The van der Waals surface area contributed by atoms with Gasteiger partial charge < -0.3 is 19.7 Å². The van der Waals surface area contributed by atoms with Crippen LogP contribution in [0.3, 0.4) is 0 Å². The van der Waals surface area contributed by atoms with E-state index in [0.717, 1.165) is 24.0 Å². The number of halogens is 3. The number of amides is 2. The molecule has 4 rings (SSSR count). The van der Waals surface area contributed by atoms with Gasteiger partial charge in [0.15, 0.2) is 11.5 Å². The van der Waals surface area contributed by atoms with Crippen molar-refractivity contribution in [1.82, 2.24) is 9.88 Å². The van der Waals surface area contributed by atoms with E-state index >= 15 is 0 Å². The average Bonchev–Trinajstić information content (AvgIpc) is 3.25. The van der Waals surface area contributed by atoms with Crippen molar-refractivity contribution in [2.75, 3.05) is 31.0 Å². The van der Waals surface area contributed by atoms with Gasteiger partial charge >= 0.3 is 6.18 Å². The minimum absolute atomic E-state index is 0.0758. The average molecular weight is 467 g/mol. The van der Waals surface area contributed by atoms with Gasteiger partial charge in [0.1, 0.15) is 0 Å². The van der Waals surface area contributed by atoms with Gasteiger partial charge in [0.05, 0.1) is 16.3 Å². The normalized spacial score (nSPS) is 16.2. The molecule has 1 aromatic heterocycles. The quantitative estimate of drug-likeness (QED) is 0.674. The van der Waals surface area contributed by atoms with Crippen LogP contribution in [0.1, 0.15) is 18.4 Å². The number of ether oxygens (including phenoxy) is 2. The number of hydrogen-bond donors (Lipinski definition) is 1.